The minimum absolute atomic E-state index is 0.455. The zero-order valence-electron chi connectivity index (χ0n) is 9.99. The number of benzene rings is 1. The van der Waals surface area contributed by atoms with Gasteiger partial charge in [0.1, 0.15) is 6.10 Å². The predicted molar refractivity (Wildman–Crippen MR) is 75.1 cm³/mol. The van der Waals surface area contributed by atoms with Gasteiger partial charge in [-0.25, -0.2) is 0 Å². The number of fused-ring (bicyclic) bond motifs is 1. The fourth-order valence-corrected chi connectivity index (χ4v) is 2.35. The van der Waals surface area contributed by atoms with Crippen molar-refractivity contribution < 1.29 is 5.11 Å². The molecule has 2 aromatic heterocycles. The summed E-state index contributed by atoms with van der Waals surface area (Å²) in [6.45, 7) is 0. The molecular formula is C15H11ClN2O. The SMILES string of the molecule is OC(c1ncccc1Cl)c1cccc2ccncc12. The lowest BCUT2D eigenvalue weighted by Crippen LogP contribution is -2.03. The molecule has 2 heterocycles. The van der Waals surface area contributed by atoms with Gasteiger partial charge in [0.15, 0.2) is 0 Å². The fraction of sp³-hybridized carbons (Fsp3) is 0.0667. The third-order valence-electron chi connectivity index (χ3n) is 3.06. The molecule has 1 aromatic carbocycles. The highest BCUT2D eigenvalue weighted by Gasteiger charge is 2.17. The number of aromatic nitrogens is 2. The van der Waals surface area contributed by atoms with E-state index in [2.05, 4.69) is 9.97 Å². The number of rotatable bonds is 2. The molecule has 1 atom stereocenters. The predicted octanol–water partition coefficient (Wildman–Crippen LogP) is 3.36. The molecule has 19 heavy (non-hydrogen) atoms. The average Bonchev–Trinajstić information content (AvgIpc) is 2.46. The summed E-state index contributed by atoms with van der Waals surface area (Å²) in [4.78, 5) is 8.27. The average molecular weight is 271 g/mol. The molecule has 0 aliphatic carbocycles. The summed E-state index contributed by atoms with van der Waals surface area (Å²) >= 11 is 6.08. The van der Waals surface area contributed by atoms with Gasteiger partial charge in [0.25, 0.3) is 0 Å². The van der Waals surface area contributed by atoms with Crippen molar-refractivity contribution in [3.05, 3.63) is 71.3 Å². The number of aliphatic hydroxyl groups is 1. The molecule has 3 nitrogen and oxygen atoms in total. The summed E-state index contributed by atoms with van der Waals surface area (Å²) in [5.74, 6) is 0. The number of halogens is 1. The van der Waals surface area contributed by atoms with Gasteiger partial charge in [0, 0.05) is 24.0 Å². The van der Waals surface area contributed by atoms with E-state index < -0.39 is 6.10 Å². The lowest BCUT2D eigenvalue weighted by Gasteiger charge is -2.14. The Morgan fingerprint density at radius 2 is 1.95 bits per heavy atom. The Hall–Kier alpha value is -1.97. The van der Waals surface area contributed by atoms with Crippen molar-refractivity contribution in [2.45, 2.75) is 6.10 Å². The van der Waals surface area contributed by atoms with Crippen LogP contribution in [0.25, 0.3) is 10.8 Å². The van der Waals surface area contributed by atoms with Gasteiger partial charge >= 0.3 is 0 Å². The molecule has 4 heteroatoms. The number of nitrogens with zero attached hydrogens (tertiary/aromatic N) is 2. The van der Waals surface area contributed by atoms with Crippen molar-refractivity contribution in [2.24, 2.45) is 0 Å². The third kappa shape index (κ3) is 2.18. The topological polar surface area (TPSA) is 46.0 Å². The molecule has 3 aromatic rings. The van der Waals surface area contributed by atoms with Crippen LogP contribution in [0, 0.1) is 0 Å². The van der Waals surface area contributed by atoms with Crippen LogP contribution in [0.15, 0.2) is 55.0 Å². The van der Waals surface area contributed by atoms with Gasteiger partial charge in [0.2, 0.25) is 0 Å². The van der Waals surface area contributed by atoms with Crippen molar-refractivity contribution in [2.75, 3.05) is 0 Å². The van der Waals surface area contributed by atoms with Crippen LogP contribution in [0.3, 0.4) is 0 Å². The zero-order valence-corrected chi connectivity index (χ0v) is 10.7. The Morgan fingerprint density at radius 3 is 2.79 bits per heavy atom. The van der Waals surface area contributed by atoms with Crippen molar-refractivity contribution in [3.63, 3.8) is 0 Å². The number of hydrogen-bond donors (Lipinski definition) is 1. The molecule has 0 spiro atoms. The van der Waals surface area contributed by atoms with E-state index in [4.69, 9.17) is 11.6 Å². The van der Waals surface area contributed by atoms with E-state index in [-0.39, 0.29) is 0 Å². The van der Waals surface area contributed by atoms with E-state index in [1.165, 1.54) is 0 Å². The molecule has 0 aliphatic heterocycles. The monoisotopic (exact) mass is 270 g/mol. The Labute approximate surface area is 115 Å². The third-order valence-corrected chi connectivity index (χ3v) is 3.38. The maximum Gasteiger partial charge on any atom is 0.123 e. The fourth-order valence-electron chi connectivity index (χ4n) is 2.12. The summed E-state index contributed by atoms with van der Waals surface area (Å²) in [7, 11) is 0. The van der Waals surface area contributed by atoms with E-state index in [1.807, 2.05) is 24.3 Å². The summed E-state index contributed by atoms with van der Waals surface area (Å²) < 4.78 is 0. The maximum absolute atomic E-state index is 10.5. The van der Waals surface area contributed by atoms with Gasteiger partial charge in [-0.05, 0) is 29.1 Å². The Balaban J connectivity index is 2.17. The first-order valence-electron chi connectivity index (χ1n) is 5.88. The second-order valence-electron chi connectivity index (χ2n) is 4.22. The highest BCUT2D eigenvalue weighted by molar-refractivity contribution is 6.31. The Kier molecular flexibility index (Phi) is 3.15. The van der Waals surface area contributed by atoms with Crippen LogP contribution in [0.4, 0.5) is 0 Å². The quantitative estimate of drug-likeness (QED) is 0.777. The van der Waals surface area contributed by atoms with Crippen molar-refractivity contribution in [3.8, 4) is 0 Å². The molecule has 94 valence electrons. The first-order valence-corrected chi connectivity index (χ1v) is 6.26. The lowest BCUT2D eigenvalue weighted by molar-refractivity contribution is 0.217. The maximum atomic E-state index is 10.5. The van der Waals surface area contributed by atoms with Crippen molar-refractivity contribution >= 4 is 22.4 Å². The van der Waals surface area contributed by atoms with Crippen molar-refractivity contribution in [1.82, 2.24) is 9.97 Å². The molecule has 0 saturated carbocycles. The van der Waals surface area contributed by atoms with Gasteiger partial charge in [0.05, 0.1) is 10.7 Å². The van der Waals surface area contributed by atoms with E-state index in [1.54, 1.807) is 30.7 Å². The number of aliphatic hydroxyl groups excluding tert-OH is 1. The Morgan fingerprint density at radius 1 is 1.05 bits per heavy atom. The van der Waals surface area contributed by atoms with E-state index >= 15 is 0 Å². The minimum Gasteiger partial charge on any atom is -0.382 e. The van der Waals surface area contributed by atoms with E-state index in [0.29, 0.717) is 10.7 Å². The molecule has 0 bridgehead atoms. The van der Waals surface area contributed by atoms with E-state index in [9.17, 15) is 5.11 Å². The second-order valence-corrected chi connectivity index (χ2v) is 4.62. The highest BCUT2D eigenvalue weighted by Crippen LogP contribution is 2.30. The molecule has 1 unspecified atom stereocenters. The van der Waals surface area contributed by atoms with E-state index in [0.717, 1.165) is 16.3 Å². The summed E-state index contributed by atoms with van der Waals surface area (Å²) in [5.41, 5.74) is 1.21. The zero-order chi connectivity index (χ0) is 13.2. The lowest BCUT2D eigenvalue weighted by atomic mass is 10.00. The van der Waals surface area contributed by atoms with Gasteiger partial charge in [-0.15, -0.1) is 0 Å². The summed E-state index contributed by atoms with van der Waals surface area (Å²) in [5, 5.41) is 12.9. The standard InChI is InChI=1S/C15H11ClN2O/c16-13-5-2-7-18-14(13)15(19)11-4-1-3-10-6-8-17-9-12(10)11/h1-9,15,19H. The summed E-state index contributed by atoms with van der Waals surface area (Å²) in [6.07, 6.45) is 4.23. The van der Waals surface area contributed by atoms with Crippen LogP contribution in [0.1, 0.15) is 17.4 Å². The number of hydrogen-bond acceptors (Lipinski definition) is 3. The smallest absolute Gasteiger partial charge is 0.123 e. The molecular weight excluding hydrogens is 260 g/mol. The molecule has 0 fully saturated rings. The van der Waals surface area contributed by atoms with Crippen LogP contribution in [0.2, 0.25) is 5.02 Å². The molecule has 0 amide bonds. The molecule has 3 rings (SSSR count). The normalized spacial score (nSPS) is 12.5. The molecule has 0 saturated heterocycles. The van der Waals surface area contributed by atoms with Gasteiger partial charge < -0.3 is 5.11 Å². The first-order chi connectivity index (χ1) is 9.27. The van der Waals surface area contributed by atoms with Crippen LogP contribution in [-0.4, -0.2) is 15.1 Å². The first kappa shape index (κ1) is 12.1. The molecule has 1 N–H and O–H groups in total. The number of pyridine rings is 2. The van der Waals surface area contributed by atoms with Gasteiger partial charge in [-0.1, -0.05) is 29.8 Å². The van der Waals surface area contributed by atoms with Crippen LogP contribution in [0.5, 0.6) is 0 Å². The van der Waals surface area contributed by atoms with Gasteiger partial charge in [-0.3, -0.25) is 9.97 Å². The highest BCUT2D eigenvalue weighted by atomic mass is 35.5. The van der Waals surface area contributed by atoms with Crippen LogP contribution >= 0.6 is 11.6 Å². The largest absolute Gasteiger partial charge is 0.382 e. The van der Waals surface area contributed by atoms with Crippen LogP contribution in [-0.2, 0) is 0 Å². The Bertz CT molecular complexity index is 725. The molecule has 0 radical (unpaired) electrons. The van der Waals surface area contributed by atoms with Gasteiger partial charge in [-0.2, -0.15) is 0 Å². The minimum atomic E-state index is -0.860. The second kappa shape index (κ2) is 4.96. The molecule has 0 aliphatic rings. The van der Waals surface area contributed by atoms with Crippen molar-refractivity contribution in [1.29, 1.82) is 0 Å². The van der Waals surface area contributed by atoms with Crippen LogP contribution < -0.4 is 0 Å². The summed E-state index contributed by atoms with van der Waals surface area (Å²) in [6, 6.07) is 11.1.